The molecule has 3 aromatic rings. The lowest BCUT2D eigenvalue weighted by Gasteiger charge is -2.28. The van der Waals surface area contributed by atoms with Crippen LogP contribution in [0.25, 0.3) is 16.6 Å². The summed E-state index contributed by atoms with van der Waals surface area (Å²) in [6, 6.07) is 4.01. The fourth-order valence-corrected chi connectivity index (χ4v) is 3.16. The molecule has 116 valence electrons. The van der Waals surface area contributed by atoms with E-state index in [-0.39, 0.29) is 10.6 Å². The van der Waals surface area contributed by atoms with E-state index in [4.69, 9.17) is 11.6 Å². The maximum Gasteiger partial charge on any atom is 0.285 e. The number of anilines is 1. The molecule has 0 aliphatic carbocycles. The van der Waals surface area contributed by atoms with Gasteiger partial charge in [0.15, 0.2) is 0 Å². The van der Waals surface area contributed by atoms with Crippen LogP contribution in [0.5, 0.6) is 0 Å². The third kappa shape index (κ3) is 2.41. The van der Waals surface area contributed by atoms with Crippen LogP contribution in [0.1, 0.15) is 12.0 Å². The molecule has 1 aliphatic heterocycles. The van der Waals surface area contributed by atoms with E-state index in [2.05, 4.69) is 37.2 Å². The summed E-state index contributed by atoms with van der Waals surface area (Å²) in [6.45, 7) is 1.47. The predicted molar refractivity (Wildman–Crippen MR) is 90.8 cm³/mol. The van der Waals surface area contributed by atoms with Gasteiger partial charge in [-0.3, -0.25) is 4.79 Å². The van der Waals surface area contributed by atoms with Gasteiger partial charge in [0, 0.05) is 36.4 Å². The zero-order chi connectivity index (χ0) is 15.8. The van der Waals surface area contributed by atoms with E-state index >= 15 is 0 Å². The molecule has 4 rings (SSSR count). The maximum atomic E-state index is 11.6. The molecule has 0 bridgehead atoms. The zero-order valence-corrected chi connectivity index (χ0v) is 13.0. The minimum atomic E-state index is -0.360. The molecule has 2 N–H and O–H groups in total. The fraction of sp³-hybridized carbons (Fsp3) is 0.188. The SMILES string of the molecule is O=c1[nH]ncc(N2CC=C(c3c[nH]c4ncccc34)CC2)c1Cl. The van der Waals surface area contributed by atoms with Gasteiger partial charge < -0.3 is 9.88 Å². The topological polar surface area (TPSA) is 77.7 Å². The minimum absolute atomic E-state index is 0.188. The van der Waals surface area contributed by atoms with E-state index in [0.717, 1.165) is 24.0 Å². The third-order valence-electron chi connectivity index (χ3n) is 4.12. The van der Waals surface area contributed by atoms with Crippen LogP contribution in [0.3, 0.4) is 0 Å². The second-order valence-electron chi connectivity index (χ2n) is 5.43. The van der Waals surface area contributed by atoms with Gasteiger partial charge in [0.1, 0.15) is 10.7 Å². The Labute approximate surface area is 136 Å². The molecule has 23 heavy (non-hydrogen) atoms. The number of halogens is 1. The van der Waals surface area contributed by atoms with Crippen LogP contribution in [-0.2, 0) is 0 Å². The molecule has 0 saturated carbocycles. The van der Waals surface area contributed by atoms with E-state index in [1.165, 1.54) is 11.1 Å². The number of nitrogens with one attached hydrogen (secondary N) is 2. The summed E-state index contributed by atoms with van der Waals surface area (Å²) in [5.74, 6) is 0. The normalized spacial score (nSPS) is 15.0. The van der Waals surface area contributed by atoms with Crippen molar-refractivity contribution in [1.82, 2.24) is 20.2 Å². The number of rotatable bonds is 2. The van der Waals surface area contributed by atoms with Crippen LogP contribution in [0.2, 0.25) is 5.02 Å². The van der Waals surface area contributed by atoms with Gasteiger partial charge in [-0.25, -0.2) is 10.1 Å². The maximum absolute atomic E-state index is 11.6. The summed E-state index contributed by atoms with van der Waals surface area (Å²) in [6.07, 6.45) is 8.40. The average Bonchev–Trinajstić information content (AvgIpc) is 3.02. The van der Waals surface area contributed by atoms with Gasteiger partial charge in [-0.1, -0.05) is 17.7 Å². The Bertz CT molecular complexity index is 958. The van der Waals surface area contributed by atoms with Gasteiger partial charge in [0.2, 0.25) is 0 Å². The number of aromatic amines is 2. The molecule has 6 nitrogen and oxygen atoms in total. The van der Waals surface area contributed by atoms with E-state index in [1.807, 2.05) is 12.3 Å². The summed E-state index contributed by atoms with van der Waals surface area (Å²) in [4.78, 5) is 21.2. The van der Waals surface area contributed by atoms with Gasteiger partial charge in [0.25, 0.3) is 5.56 Å². The molecule has 0 saturated heterocycles. The van der Waals surface area contributed by atoms with E-state index < -0.39 is 0 Å². The number of pyridine rings is 1. The second-order valence-corrected chi connectivity index (χ2v) is 5.80. The first-order valence-electron chi connectivity index (χ1n) is 7.33. The van der Waals surface area contributed by atoms with E-state index in [9.17, 15) is 4.79 Å². The van der Waals surface area contributed by atoms with Crippen molar-refractivity contribution in [3.63, 3.8) is 0 Å². The Balaban J connectivity index is 1.64. The van der Waals surface area contributed by atoms with Gasteiger partial charge >= 0.3 is 0 Å². The first-order valence-corrected chi connectivity index (χ1v) is 7.71. The summed E-state index contributed by atoms with van der Waals surface area (Å²) < 4.78 is 0. The Morgan fingerprint density at radius 2 is 2.26 bits per heavy atom. The molecular weight excluding hydrogens is 314 g/mol. The lowest BCUT2D eigenvalue weighted by molar-refractivity contribution is 0.821. The highest BCUT2D eigenvalue weighted by Crippen LogP contribution is 2.31. The molecule has 0 atom stereocenters. The number of H-pyrrole nitrogens is 2. The van der Waals surface area contributed by atoms with Crippen LogP contribution in [0, 0.1) is 0 Å². The van der Waals surface area contributed by atoms with Crippen LogP contribution < -0.4 is 10.5 Å². The summed E-state index contributed by atoms with van der Waals surface area (Å²) >= 11 is 6.08. The lowest BCUT2D eigenvalue weighted by atomic mass is 9.99. The number of nitrogens with zero attached hydrogens (tertiary/aromatic N) is 3. The Kier molecular flexibility index (Phi) is 3.38. The highest BCUT2D eigenvalue weighted by Gasteiger charge is 2.19. The zero-order valence-electron chi connectivity index (χ0n) is 12.2. The molecule has 0 aromatic carbocycles. The molecular formula is C16H14ClN5O. The number of hydrogen-bond donors (Lipinski definition) is 2. The van der Waals surface area contributed by atoms with Gasteiger partial charge in [-0.15, -0.1) is 0 Å². The van der Waals surface area contributed by atoms with Gasteiger partial charge in [-0.05, 0) is 24.1 Å². The molecule has 0 radical (unpaired) electrons. The van der Waals surface area contributed by atoms with Crippen LogP contribution in [0.4, 0.5) is 5.69 Å². The van der Waals surface area contributed by atoms with Crippen LogP contribution in [0.15, 0.2) is 41.6 Å². The van der Waals surface area contributed by atoms with Crippen molar-refractivity contribution in [2.24, 2.45) is 0 Å². The lowest BCUT2D eigenvalue weighted by Crippen LogP contribution is -2.30. The summed E-state index contributed by atoms with van der Waals surface area (Å²) in [5.41, 5.74) is 3.66. The van der Waals surface area contributed by atoms with Crippen molar-refractivity contribution in [3.05, 3.63) is 57.7 Å². The molecule has 0 fully saturated rings. The highest BCUT2D eigenvalue weighted by atomic mass is 35.5. The minimum Gasteiger partial charge on any atom is -0.365 e. The Morgan fingerprint density at radius 3 is 3.09 bits per heavy atom. The molecule has 3 aromatic heterocycles. The molecule has 4 heterocycles. The van der Waals surface area contributed by atoms with Crippen LogP contribution >= 0.6 is 11.6 Å². The average molecular weight is 328 g/mol. The van der Waals surface area contributed by atoms with E-state index in [0.29, 0.717) is 12.2 Å². The quantitative estimate of drug-likeness (QED) is 0.758. The first kappa shape index (κ1) is 14.0. The number of aromatic nitrogens is 4. The highest BCUT2D eigenvalue weighted by molar-refractivity contribution is 6.33. The monoisotopic (exact) mass is 327 g/mol. The second kappa shape index (κ2) is 5.55. The van der Waals surface area contributed by atoms with Gasteiger partial charge in [0.05, 0.1) is 11.9 Å². The van der Waals surface area contributed by atoms with Gasteiger partial charge in [-0.2, -0.15) is 5.10 Å². The van der Waals surface area contributed by atoms with E-state index in [1.54, 1.807) is 12.4 Å². The number of hydrogen-bond acceptors (Lipinski definition) is 4. The molecule has 1 aliphatic rings. The van der Waals surface area contributed by atoms with Crippen molar-refractivity contribution < 1.29 is 0 Å². The molecule has 0 spiro atoms. The third-order valence-corrected chi connectivity index (χ3v) is 4.49. The van der Waals surface area contributed by atoms with Crippen molar-refractivity contribution in [2.75, 3.05) is 18.0 Å². The largest absolute Gasteiger partial charge is 0.365 e. The van der Waals surface area contributed by atoms with Crippen LogP contribution in [-0.4, -0.2) is 33.3 Å². The summed E-state index contributed by atoms with van der Waals surface area (Å²) in [5, 5.41) is 7.49. The van der Waals surface area contributed by atoms with Crippen molar-refractivity contribution in [3.8, 4) is 0 Å². The predicted octanol–water partition coefficient (Wildman–Crippen LogP) is 2.59. The smallest absolute Gasteiger partial charge is 0.285 e. The number of fused-ring (bicyclic) bond motifs is 1. The van der Waals surface area contributed by atoms with Crippen molar-refractivity contribution in [2.45, 2.75) is 6.42 Å². The molecule has 0 amide bonds. The van der Waals surface area contributed by atoms with Crippen molar-refractivity contribution >= 4 is 33.9 Å². The Morgan fingerprint density at radius 1 is 1.35 bits per heavy atom. The van der Waals surface area contributed by atoms with Crippen molar-refractivity contribution in [1.29, 1.82) is 0 Å². The molecule has 7 heteroatoms. The Hall–Kier alpha value is -2.60. The standard InChI is InChI=1S/C16H14ClN5O/c17-14-13(9-20-21-16(14)23)22-6-3-10(4-7-22)12-8-19-15-11(12)2-1-5-18-15/h1-3,5,8-9H,4,6-7H2,(H,18,19)(H,21,23). The summed E-state index contributed by atoms with van der Waals surface area (Å²) in [7, 11) is 0. The fourth-order valence-electron chi connectivity index (χ4n) is 2.95. The first-order chi connectivity index (χ1) is 11.2. The molecule has 0 unspecified atom stereocenters.